The fourth-order valence-corrected chi connectivity index (χ4v) is 2.79. The smallest absolute Gasteiger partial charge is 0.202 e. The van der Waals surface area contributed by atoms with E-state index >= 15 is 0 Å². The third kappa shape index (κ3) is 2.18. The quantitative estimate of drug-likeness (QED) is 0.786. The molecule has 7 heteroatoms. The predicted molar refractivity (Wildman–Crippen MR) is 82.0 cm³/mol. The molecule has 3 aromatic rings. The van der Waals surface area contributed by atoms with Crippen molar-refractivity contribution in [2.45, 2.75) is 33.2 Å². The van der Waals surface area contributed by atoms with Crippen molar-refractivity contribution in [1.29, 1.82) is 0 Å². The van der Waals surface area contributed by atoms with Gasteiger partial charge >= 0.3 is 0 Å². The molecule has 0 fully saturated rings. The summed E-state index contributed by atoms with van der Waals surface area (Å²) in [6.07, 6.45) is 3.98. The highest BCUT2D eigenvalue weighted by Gasteiger charge is 2.18. The first-order chi connectivity index (χ1) is 10.0. The molecule has 3 rings (SSSR count). The molecule has 112 valence electrons. The Bertz CT molecular complexity index is 790. The van der Waals surface area contributed by atoms with Crippen LogP contribution in [0.5, 0.6) is 0 Å². The zero-order valence-corrected chi connectivity index (χ0v) is 13.0. The molecule has 21 heavy (non-hydrogen) atoms. The van der Waals surface area contributed by atoms with Crippen LogP contribution in [-0.2, 0) is 27.1 Å². The van der Waals surface area contributed by atoms with Crippen LogP contribution < -0.4 is 5.73 Å². The molecule has 7 nitrogen and oxygen atoms in total. The maximum absolute atomic E-state index is 6.12. The van der Waals surface area contributed by atoms with Crippen LogP contribution >= 0.6 is 0 Å². The lowest BCUT2D eigenvalue weighted by Crippen LogP contribution is -2.08. The predicted octanol–water partition coefficient (Wildman–Crippen LogP) is 1.39. The number of anilines is 1. The average Bonchev–Trinajstić information content (AvgIpc) is 2.99. The number of nitrogen functional groups attached to an aromatic ring is 1. The Labute approximate surface area is 123 Å². The minimum Gasteiger partial charge on any atom is -0.369 e. The average molecular weight is 287 g/mol. The summed E-state index contributed by atoms with van der Waals surface area (Å²) in [5.41, 5.74) is 11.2. The highest BCUT2D eigenvalue weighted by Crippen LogP contribution is 2.23. The lowest BCUT2D eigenvalue weighted by Gasteiger charge is -2.05. The van der Waals surface area contributed by atoms with Gasteiger partial charge in [0.25, 0.3) is 0 Å². The highest BCUT2D eigenvalue weighted by molar-refractivity contribution is 5.78. The molecule has 3 heterocycles. The van der Waals surface area contributed by atoms with Crippen LogP contribution in [0.15, 0.2) is 6.20 Å². The number of imidazole rings is 1. The van der Waals surface area contributed by atoms with E-state index in [-0.39, 0.29) is 0 Å². The Kier molecular flexibility index (Phi) is 3.19. The number of hydrogen-bond acceptors (Lipinski definition) is 4. The third-order valence-corrected chi connectivity index (χ3v) is 3.75. The zero-order chi connectivity index (χ0) is 15.1. The van der Waals surface area contributed by atoms with Crippen molar-refractivity contribution in [2.75, 3.05) is 5.73 Å². The summed E-state index contributed by atoms with van der Waals surface area (Å²) in [5.74, 6) is 0.526. The number of hydrogen-bond donors (Lipinski definition) is 1. The molecule has 2 N–H and O–H groups in total. The number of rotatable bonds is 4. The minimum absolute atomic E-state index is 0.526. The second kappa shape index (κ2) is 4.91. The summed E-state index contributed by atoms with van der Waals surface area (Å²) in [4.78, 5) is 4.52. The van der Waals surface area contributed by atoms with E-state index in [4.69, 9.17) is 5.73 Å². The Morgan fingerprint density at radius 1 is 1.24 bits per heavy atom. The van der Waals surface area contributed by atoms with Crippen molar-refractivity contribution in [1.82, 2.24) is 29.1 Å². The van der Waals surface area contributed by atoms with Gasteiger partial charge in [-0.05, 0) is 13.3 Å². The van der Waals surface area contributed by atoms with Crippen molar-refractivity contribution in [2.24, 2.45) is 14.1 Å². The Morgan fingerprint density at radius 3 is 2.62 bits per heavy atom. The molecule has 0 atom stereocenters. The van der Waals surface area contributed by atoms with E-state index in [9.17, 15) is 0 Å². The molecule has 0 bridgehead atoms. The van der Waals surface area contributed by atoms with Gasteiger partial charge in [0.15, 0.2) is 5.65 Å². The van der Waals surface area contributed by atoms with E-state index in [0.29, 0.717) is 12.5 Å². The first-order valence-corrected chi connectivity index (χ1v) is 7.18. The maximum Gasteiger partial charge on any atom is 0.202 e. The van der Waals surface area contributed by atoms with Gasteiger partial charge in [0.05, 0.1) is 17.9 Å². The first kappa shape index (κ1) is 13.7. The van der Waals surface area contributed by atoms with Crippen LogP contribution in [0.4, 0.5) is 5.95 Å². The molecule has 0 aromatic carbocycles. The Morgan fingerprint density at radius 2 is 2.00 bits per heavy atom. The van der Waals surface area contributed by atoms with E-state index in [2.05, 4.69) is 22.1 Å². The molecule has 0 aliphatic carbocycles. The molecule has 0 saturated carbocycles. The highest BCUT2D eigenvalue weighted by atomic mass is 15.3. The van der Waals surface area contributed by atoms with Crippen LogP contribution in [0.25, 0.3) is 11.2 Å². The van der Waals surface area contributed by atoms with Gasteiger partial charge in [-0.2, -0.15) is 10.2 Å². The molecule has 3 aromatic heterocycles. The van der Waals surface area contributed by atoms with Crippen molar-refractivity contribution in [3.63, 3.8) is 0 Å². The van der Waals surface area contributed by atoms with Gasteiger partial charge in [-0.25, -0.2) is 4.98 Å². The van der Waals surface area contributed by atoms with Crippen LogP contribution in [0.1, 0.15) is 30.3 Å². The fraction of sp³-hybridized carbons (Fsp3) is 0.500. The van der Waals surface area contributed by atoms with E-state index in [1.165, 1.54) is 0 Å². The number of fused-ring (bicyclic) bond motifs is 1. The van der Waals surface area contributed by atoms with Gasteiger partial charge < -0.3 is 5.73 Å². The Hall–Kier alpha value is -2.31. The molecular formula is C14H21N7. The number of aryl methyl sites for hydroxylation is 4. The number of nitrogens with two attached hydrogens (primary N) is 1. The van der Waals surface area contributed by atoms with E-state index in [1.807, 2.05) is 41.1 Å². The zero-order valence-electron chi connectivity index (χ0n) is 13.0. The SMILES string of the molecule is CCCc1nn(C)c2c1nc(N)n2Cc1cn(C)nc1C. The minimum atomic E-state index is 0.526. The molecule has 0 aliphatic heterocycles. The normalized spacial score (nSPS) is 11.6. The lowest BCUT2D eigenvalue weighted by molar-refractivity contribution is 0.710. The van der Waals surface area contributed by atoms with Crippen LogP contribution in [-0.4, -0.2) is 29.1 Å². The van der Waals surface area contributed by atoms with Crippen molar-refractivity contribution < 1.29 is 0 Å². The van der Waals surface area contributed by atoms with Gasteiger partial charge in [-0.15, -0.1) is 0 Å². The lowest BCUT2D eigenvalue weighted by atomic mass is 10.2. The largest absolute Gasteiger partial charge is 0.369 e. The third-order valence-electron chi connectivity index (χ3n) is 3.75. The molecular weight excluding hydrogens is 266 g/mol. The molecule has 0 unspecified atom stereocenters. The standard InChI is InChI=1S/C14H21N7/c1-5-6-11-12-13(20(4)18-11)21(14(15)16-12)8-10-7-19(3)17-9(10)2/h7H,5-6,8H2,1-4H3,(H2,15,16). The molecule has 0 spiro atoms. The van der Waals surface area contributed by atoms with Crippen molar-refractivity contribution in [3.8, 4) is 0 Å². The first-order valence-electron chi connectivity index (χ1n) is 7.18. The van der Waals surface area contributed by atoms with E-state index in [0.717, 1.165) is 41.0 Å². The summed E-state index contributed by atoms with van der Waals surface area (Å²) < 4.78 is 5.70. The van der Waals surface area contributed by atoms with Crippen LogP contribution in [0.2, 0.25) is 0 Å². The maximum atomic E-state index is 6.12. The van der Waals surface area contributed by atoms with E-state index < -0.39 is 0 Å². The molecule has 0 radical (unpaired) electrons. The fourth-order valence-electron chi connectivity index (χ4n) is 2.79. The van der Waals surface area contributed by atoms with Gasteiger partial charge in [-0.1, -0.05) is 13.3 Å². The van der Waals surface area contributed by atoms with Gasteiger partial charge in [0.1, 0.15) is 5.52 Å². The van der Waals surface area contributed by atoms with Crippen molar-refractivity contribution >= 4 is 17.1 Å². The summed E-state index contributed by atoms with van der Waals surface area (Å²) >= 11 is 0. The Balaban J connectivity index is 2.10. The summed E-state index contributed by atoms with van der Waals surface area (Å²) in [6, 6.07) is 0. The van der Waals surface area contributed by atoms with Gasteiger partial charge in [0, 0.05) is 25.9 Å². The van der Waals surface area contributed by atoms with Gasteiger partial charge in [-0.3, -0.25) is 13.9 Å². The monoisotopic (exact) mass is 287 g/mol. The van der Waals surface area contributed by atoms with E-state index in [1.54, 1.807) is 0 Å². The van der Waals surface area contributed by atoms with Gasteiger partial charge in [0.2, 0.25) is 5.95 Å². The topological polar surface area (TPSA) is 79.5 Å². The summed E-state index contributed by atoms with van der Waals surface area (Å²) in [7, 11) is 3.86. The molecule has 0 aliphatic rings. The summed E-state index contributed by atoms with van der Waals surface area (Å²) in [6.45, 7) is 4.80. The second-order valence-electron chi connectivity index (χ2n) is 5.46. The molecule has 0 saturated heterocycles. The van der Waals surface area contributed by atoms with Crippen LogP contribution in [0, 0.1) is 6.92 Å². The summed E-state index contributed by atoms with van der Waals surface area (Å²) in [5, 5.41) is 8.95. The number of nitrogens with zero attached hydrogens (tertiary/aromatic N) is 6. The van der Waals surface area contributed by atoms with Crippen molar-refractivity contribution in [3.05, 3.63) is 23.1 Å². The molecule has 0 amide bonds. The number of aromatic nitrogens is 6. The second-order valence-corrected chi connectivity index (χ2v) is 5.46. The van der Waals surface area contributed by atoms with Crippen LogP contribution in [0.3, 0.4) is 0 Å².